The molecule has 1 aromatic heterocycles. The largest absolute Gasteiger partial charge is 0.350 e. The molecule has 0 bridgehead atoms. The Morgan fingerprint density at radius 1 is 1.41 bits per heavy atom. The minimum absolute atomic E-state index is 0.000712. The summed E-state index contributed by atoms with van der Waals surface area (Å²) in [6.07, 6.45) is 3.87. The summed E-state index contributed by atoms with van der Waals surface area (Å²) in [6.45, 7) is 2.47. The first-order valence-corrected chi connectivity index (χ1v) is 5.79. The Hall–Kier alpha value is -1.32. The van der Waals surface area contributed by atoms with E-state index in [0.29, 0.717) is 11.6 Å². The molecule has 0 aliphatic heterocycles. The summed E-state index contributed by atoms with van der Waals surface area (Å²) in [5, 5.41) is 0.572. The van der Waals surface area contributed by atoms with Gasteiger partial charge in [0.1, 0.15) is 5.82 Å². The average Bonchev–Trinajstić information content (AvgIpc) is 2.72. The van der Waals surface area contributed by atoms with Crippen molar-refractivity contribution in [3.63, 3.8) is 0 Å². The van der Waals surface area contributed by atoms with Gasteiger partial charge >= 0.3 is 0 Å². The zero-order valence-electron chi connectivity index (χ0n) is 9.53. The van der Waals surface area contributed by atoms with Crippen LogP contribution in [0.15, 0.2) is 36.7 Å². The molecule has 1 aromatic carbocycles. The maximum Gasteiger partial charge on any atom is 0.123 e. The lowest BCUT2D eigenvalue weighted by molar-refractivity contribution is 0.623. The molecule has 0 spiro atoms. The molecule has 4 heteroatoms. The Labute approximate surface area is 105 Å². The van der Waals surface area contributed by atoms with Crippen LogP contribution in [0.4, 0.5) is 4.39 Å². The third kappa shape index (κ3) is 2.87. The molecule has 90 valence electrons. The first-order valence-electron chi connectivity index (χ1n) is 5.41. The van der Waals surface area contributed by atoms with Crippen molar-refractivity contribution in [2.24, 2.45) is 5.73 Å². The van der Waals surface area contributed by atoms with Gasteiger partial charge in [0.15, 0.2) is 0 Å². The van der Waals surface area contributed by atoms with Gasteiger partial charge in [-0.1, -0.05) is 11.6 Å². The minimum Gasteiger partial charge on any atom is -0.350 e. The number of rotatable bonds is 3. The van der Waals surface area contributed by atoms with Gasteiger partial charge in [-0.3, -0.25) is 0 Å². The second kappa shape index (κ2) is 4.90. The molecule has 17 heavy (non-hydrogen) atoms. The van der Waals surface area contributed by atoms with Gasteiger partial charge < -0.3 is 10.3 Å². The molecule has 2 N–H and O–H groups in total. The first-order chi connectivity index (χ1) is 8.06. The van der Waals surface area contributed by atoms with Crippen LogP contribution in [0.5, 0.6) is 0 Å². The van der Waals surface area contributed by atoms with Gasteiger partial charge in [-0.2, -0.15) is 0 Å². The Balaban J connectivity index is 2.22. The lowest BCUT2D eigenvalue weighted by Crippen LogP contribution is -2.04. The second-order valence-corrected chi connectivity index (χ2v) is 4.55. The van der Waals surface area contributed by atoms with Gasteiger partial charge in [0.05, 0.1) is 0 Å². The van der Waals surface area contributed by atoms with Gasteiger partial charge in [0, 0.05) is 30.0 Å². The van der Waals surface area contributed by atoms with E-state index in [9.17, 15) is 4.39 Å². The summed E-state index contributed by atoms with van der Waals surface area (Å²) in [5.41, 5.74) is 7.59. The Kier molecular flexibility index (Phi) is 3.50. The highest BCUT2D eigenvalue weighted by molar-refractivity contribution is 6.31. The molecule has 2 aromatic rings. The Morgan fingerprint density at radius 2 is 2.18 bits per heavy atom. The van der Waals surface area contributed by atoms with E-state index in [0.717, 1.165) is 11.1 Å². The summed E-state index contributed by atoms with van der Waals surface area (Å²) in [5.74, 6) is -0.274. The molecule has 1 unspecified atom stereocenters. The van der Waals surface area contributed by atoms with Crippen LogP contribution in [0.25, 0.3) is 0 Å². The van der Waals surface area contributed by atoms with Crippen molar-refractivity contribution < 1.29 is 4.39 Å². The number of hydrogen-bond donors (Lipinski definition) is 1. The molecule has 0 fully saturated rings. The van der Waals surface area contributed by atoms with Crippen LogP contribution in [-0.2, 0) is 6.54 Å². The molecule has 0 aliphatic carbocycles. The minimum atomic E-state index is -0.274. The lowest BCUT2D eigenvalue weighted by atomic mass is 10.2. The third-order valence-corrected chi connectivity index (χ3v) is 3.03. The molecule has 2 nitrogen and oxygen atoms in total. The molecular formula is C13H14ClFN2. The van der Waals surface area contributed by atoms with E-state index in [1.807, 2.05) is 30.0 Å². The van der Waals surface area contributed by atoms with Crippen molar-refractivity contribution in [1.29, 1.82) is 0 Å². The SMILES string of the molecule is CC(N)c1ccn(Cc2cc(F)ccc2Cl)c1. The molecule has 0 aliphatic rings. The van der Waals surface area contributed by atoms with Crippen LogP contribution >= 0.6 is 11.6 Å². The lowest BCUT2D eigenvalue weighted by Gasteiger charge is -2.06. The van der Waals surface area contributed by atoms with Crippen molar-refractivity contribution >= 4 is 11.6 Å². The van der Waals surface area contributed by atoms with E-state index in [1.54, 1.807) is 6.07 Å². The molecule has 0 amide bonds. The zero-order valence-corrected chi connectivity index (χ0v) is 10.3. The number of hydrogen-bond acceptors (Lipinski definition) is 1. The predicted molar refractivity (Wildman–Crippen MR) is 67.5 cm³/mol. The van der Waals surface area contributed by atoms with Crippen LogP contribution in [0.2, 0.25) is 5.02 Å². The molecule has 0 saturated heterocycles. The highest BCUT2D eigenvalue weighted by Gasteiger charge is 2.05. The van der Waals surface area contributed by atoms with E-state index in [2.05, 4.69) is 0 Å². The van der Waals surface area contributed by atoms with Gasteiger partial charge in [0.2, 0.25) is 0 Å². The fraction of sp³-hybridized carbons (Fsp3) is 0.231. The monoisotopic (exact) mass is 252 g/mol. The summed E-state index contributed by atoms with van der Waals surface area (Å²) in [4.78, 5) is 0. The van der Waals surface area contributed by atoms with Gasteiger partial charge in [-0.05, 0) is 42.3 Å². The fourth-order valence-electron chi connectivity index (χ4n) is 1.69. The van der Waals surface area contributed by atoms with Crippen molar-refractivity contribution in [2.75, 3.05) is 0 Å². The predicted octanol–water partition coefficient (Wildman–Crippen LogP) is 3.35. The number of nitrogens with two attached hydrogens (primary N) is 1. The van der Waals surface area contributed by atoms with E-state index in [4.69, 9.17) is 17.3 Å². The van der Waals surface area contributed by atoms with Gasteiger partial charge in [0.25, 0.3) is 0 Å². The van der Waals surface area contributed by atoms with Crippen LogP contribution < -0.4 is 5.73 Å². The van der Waals surface area contributed by atoms with Crippen molar-refractivity contribution in [1.82, 2.24) is 4.57 Å². The third-order valence-electron chi connectivity index (χ3n) is 2.66. The second-order valence-electron chi connectivity index (χ2n) is 4.14. The highest BCUT2D eigenvalue weighted by Crippen LogP contribution is 2.19. The quantitative estimate of drug-likeness (QED) is 0.892. The van der Waals surface area contributed by atoms with E-state index >= 15 is 0 Å². The van der Waals surface area contributed by atoms with Gasteiger partial charge in [-0.15, -0.1) is 0 Å². The van der Waals surface area contributed by atoms with Crippen LogP contribution in [-0.4, -0.2) is 4.57 Å². The maximum absolute atomic E-state index is 13.1. The van der Waals surface area contributed by atoms with Crippen molar-refractivity contribution in [3.05, 3.63) is 58.6 Å². The van der Waals surface area contributed by atoms with E-state index in [1.165, 1.54) is 12.1 Å². The molecule has 1 heterocycles. The van der Waals surface area contributed by atoms with Crippen LogP contribution in [0.3, 0.4) is 0 Å². The van der Waals surface area contributed by atoms with Crippen molar-refractivity contribution in [3.8, 4) is 0 Å². The summed E-state index contributed by atoms with van der Waals surface area (Å²) < 4.78 is 15.0. The van der Waals surface area contributed by atoms with E-state index < -0.39 is 0 Å². The smallest absolute Gasteiger partial charge is 0.123 e. The van der Waals surface area contributed by atoms with E-state index in [-0.39, 0.29) is 11.9 Å². The van der Waals surface area contributed by atoms with Crippen LogP contribution in [0.1, 0.15) is 24.1 Å². The fourth-order valence-corrected chi connectivity index (χ4v) is 1.87. The number of aromatic nitrogens is 1. The maximum atomic E-state index is 13.1. The van der Waals surface area contributed by atoms with Gasteiger partial charge in [-0.25, -0.2) is 4.39 Å². The summed E-state index contributed by atoms with van der Waals surface area (Å²) >= 11 is 6.01. The normalized spacial score (nSPS) is 12.7. The average molecular weight is 253 g/mol. The zero-order chi connectivity index (χ0) is 12.4. The molecule has 0 saturated carbocycles. The number of benzene rings is 1. The highest BCUT2D eigenvalue weighted by atomic mass is 35.5. The summed E-state index contributed by atoms with van der Waals surface area (Å²) in [6, 6.07) is 6.34. The summed E-state index contributed by atoms with van der Waals surface area (Å²) in [7, 11) is 0. The number of halogens is 2. The van der Waals surface area contributed by atoms with Crippen LogP contribution in [0, 0.1) is 5.82 Å². The molecule has 1 atom stereocenters. The molecule has 2 rings (SSSR count). The Morgan fingerprint density at radius 3 is 2.82 bits per heavy atom. The topological polar surface area (TPSA) is 30.9 Å². The number of nitrogens with zero attached hydrogens (tertiary/aromatic N) is 1. The van der Waals surface area contributed by atoms with Crippen molar-refractivity contribution in [2.45, 2.75) is 19.5 Å². The first kappa shape index (κ1) is 12.1. The molecule has 0 radical (unpaired) electrons. The molecular weight excluding hydrogens is 239 g/mol. The Bertz CT molecular complexity index is 520. The standard InChI is InChI=1S/C13H14ClFN2/c1-9(16)10-4-5-17(7-10)8-11-6-12(15)2-3-13(11)14/h2-7,9H,8,16H2,1H3.